The molecule has 2 amide bonds. The van der Waals surface area contributed by atoms with E-state index < -0.39 is 6.03 Å². The summed E-state index contributed by atoms with van der Waals surface area (Å²) < 4.78 is 4.84. The van der Waals surface area contributed by atoms with Gasteiger partial charge in [-0.25, -0.2) is 9.78 Å². The average molecular weight is 329 g/mol. The van der Waals surface area contributed by atoms with Gasteiger partial charge in [0.05, 0.1) is 31.4 Å². The summed E-state index contributed by atoms with van der Waals surface area (Å²) in [5.41, 5.74) is 0.289. The summed E-state index contributed by atoms with van der Waals surface area (Å²) in [6.07, 6.45) is 0.0783. The molecule has 3 N–H and O–H groups in total. The Morgan fingerprint density at radius 3 is 2.68 bits per heavy atom. The third-order valence-electron chi connectivity index (χ3n) is 2.94. The van der Waals surface area contributed by atoms with Gasteiger partial charge in [-0.3, -0.25) is 10.1 Å². The normalized spacial score (nSPS) is 12.6. The van der Waals surface area contributed by atoms with Gasteiger partial charge in [-0.05, 0) is 12.3 Å². The number of nitrogens with zero attached hydrogens (tertiary/aromatic N) is 1. The maximum Gasteiger partial charge on any atom is 0.321 e. The minimum atomic E-state index is -0.439. The summed E-state index contributed by atoms with van der Waals surface area (Å²) in [4.78, 5) is 27.4. The number of aliphatic hydroxyl groups is 1. The summed E-state index contributed by atoms with van der Waals surface area (Å²) in [5.74, 6) is -0.350. The van der Waals surface area contributed by atoms with Crippen molar-refractivity contribution in [2.24, 2.45) is 5.41 Å². The summed E-state index contributed by atoms with van der Waals surface area (Å²) in [5, 5.41) is 16.7. The summed E-state index contributed by atoms with van der Waals surface area (Å²) in [6, 6.07) is -0.808. The number of hydrogen-bond acceptors (Lipinski definition) is 6. The lowest BCUT2D eigenvalue weighted by atomic mass is 9.87. The van der Waals surface area contributed by atoms with Gasteiger partial charge in [-0.15, -0.1) is 11.3 Å². The van der Waals surface area contributed by atoms with E-state index in [0.29, 0.717) is 17.4 Å². The molecule has 7 nitrogen and oxygen atoms in total. The van der Waals surface area contributed by atoms with E-state index in [1.807, 2.05) is 20.8 Å². The van der Waals surface area contributed by atoms with Gasteiger partial charge in [-0.2, -0.15) is 0 Å². The highest BCUT2D eigenvalue weighted by Crippen LogP contribution is 2.20. The molecular weight excluding hydrogens is 306 g/mol. The van der Waals surface area contributed by atoms with Gasteiger partial charge in [0, 0.05) is 5.38 Å². The Morgan fingerprint density at radius 2 is 2.14 bits per heavy atom. The monoisotopic (exact) mass is 329 g/mol. The zero-order valence-corrected chi connectivity index (χ0v) is 14.1. The molecule has 1 heterocycles. The molecule has 0 aromatic carbocycles. The van der Waals surface area contributed by atoms with Gasteiger partial charge in [0.25, 0.3) is 0 Å². The van der Waals surface area contributed by atoms with E-state index in [2.05, 4.69) is 15.6 Å². The van der Waals surface area contributed by atoms with Crippen molar-refractivity contribution in [1.29, 1.82) is 0 Å². The molecule has 1 atom stereocenters. The Kier molecular flexibility index (Phi) is 6.76. The first kappa shape index (κ1) is 18.4. The lowest BCUT2D eigenvalue weighted by Crippen LogP contribution is -2.47. The fourth-order valence-corrected chi connectivity index (χ4v) is 2.34. The fraction of sp³-hybridized carbons (Fsp3) is 0.643. The van der Waals surface area contributed by atoms with Crippen LogP contribution in [-0.4, -0.2) is 41.3 Å². The molecule has 0 radical (unpaired) electrons. The third-order valence-corrected chi connectivity index (χ3v) is 3.74. The van der Waals surface area contributed by atoms with Crippen LogP contribution < -0.4 is 10.6 Å². The van der Waals surface area contributed by atoms with E-state index in [9.17, 15) is 14.7 Å². The quantitative estimate of drug-likeness (QED) is 0.691. The standard InChI is InChI=1S/C14H23N3O4S/c1-5-21-11(19)6-9-8-22-13(15-9)17-12(20)16-10(7-18)14(2,3)4/h8,10,18H,5-7H2,1-4H3,(H2,15,16,17,20)/t10-/m1/s1. The number of anilines is 1. The molecule has 1 aromatic heterocycles. The molecule has 124 valence electrons. The Balaban J connectivity index is 2.55. The van der Waals surface area contributed by atoms with Gasteiger partial charge in [0.1, 0.15) is 0 Å². The van der Waals surface area contributed by atoms with Crippen LogP contribution in [0, 0.1) is 5.41 Å². The van der Waals surface area contributed by atoms with Crippen molar-refractivity contribution >= 4 is 28.5 Å². The van der Waals surface area contributed by atoms with E-state index in [1.165, 1.54) is 11.3 Å². The van der Waals surface area contributed by atoms with Crippen LogP contribution in [0.25, 0.3) is 0 Å². The molecule has 8 heteroatoms. The molecule has 1 rings (SSSR count). The van der Waals surface area contributed by atoms with Gasteiger partial charge < -0.3 is 15.2 Å². The molecule has 0 fully saturated rings. The second kappa shape index (κ2) is 8.09. The first-order valence-corrected chi connectivity index (χ1v) is 7.92. The SMILES string of the molecule is CCOC(=O)Cc1csc(NC(=O)N[C@H](CO)C(C)(C)C)n1. The molecular formula is C14H23N3O4S. The molecule has 22 heavy (non-hydrogen) atoms. The number of aliphatic hydroxyl groups excluding tert-OH is 1. The van der Waals surface area contributed by atoms with Crippen molar-refractivity contribution in [2.75, 3.05) is 18.5 Å². The largest absolute Gasteiger partial charge is 0.466 e. The summed E-state index contributed by atoms with van der Waals surface area (Å²) in [7, 11) is 0. The van der Waals surface area contributed by atoms with E-state index in [1.54, 1.807) is 12.3 Å². The number of amides is 2. The Hall–Kier alpha value is -1.67. The summed E-state index contributed by atoms with van der Waals surface area (Å²) >= 11 is 1.23. The number of esters is 1. The molecule has 0 spiro atoms. The van der Waals surface area contributed by atoms with E-state index in [-0.39, 0.29) is 30.5 Å². The lowest BCUT2D eigenvalue weighted by molar-refractivity contribution is -0.142. The van der Waals surface area contributed by atoms with E-state index in [0.717, 1.165) is 0 Å². The van der Waals surface area contributed by atoms with Gasteiger partial charge in [-0.1, -0.05) is 20.8 Å². The Labute approximate surface area is 134 Å². The van der Waals surface area contributed by atoms with Crippen LogP contribution in [0.5, 0.6) is 0 Å². The number of aromatic nitrogens is 1. The van der Waals surface area contributed by atoms with Crippen molar-refractivity contribution in [3.8, 4) is 0 Å². The second-order valence-electron chi connectivity index (χ2n) is 5.83. The van der Waals surface area contributed by atoms with Crippen molar-refractivity contribution < 1.29 is 19.4 Å². The van der Waals surface area contributed by atoms with Crippen LogP contribution in [0.3, 0.4) is 0 Å². The highest BCUT2D eigenvalue weighted by Gasteiger charge is 2.25. The molecule has 0 saturated heterocycles. The van der Waals surface area contributed by atoms with Crippen LogP contribution in [-0.2, 0) is 16.0 Å². The van der Waals surface area contributed by atoms with Crippen molar-refractivity contribution in [1.82, 2.24) is 10.3 Å². The predicted octanol–water partition coefficient (Wildman–Crippen LogP) is 1.78. The number of ether oxygens (including phenoxy) is 1. The Bertz CT molecular complexity index is 510. The number of carbonyl (C=O) groups is 2. The molecule has 1 aromatic rings. The van der Waals surface area contributed by atoms with Crippen LogP contribution in [0.4, 0.5) is 9.93 Å². The van der Waals surface area contributed by atoms with Gasteiger partial charge >= 0.3 is 12.0 Å². The van der Waals surface area contributed by atoms with Crippen LogP contribution in [0.1, 0.15) is 33.4 Å². The number of thiazole rings is 1. The van der Waals surface area contributed by atoms with Crippen molar-refractivity contribution in [3.63, 3.8) is 0 Å². The molecule has 0 aliphatic heterocycles. The minimum absolute atomic E-state index is 0.0783. The maximum atomic E-state index is 11.9. The number of nitrogens with one attached hydrogen (secondary N) is 2. The fourth-order valence-electron chi connectivity index (χ4n) is 1.63. The number of rotatable bonds is 6. The maximum absolute atomic E-state index is 11.9. The molecule has 0 bridgehead atoms. The number of carbonyl (C=O) groups excluding carboxylic acids is 2. The average Bonchev–Trinajstić information content (AvgIpc) is 2.81. The van der Waals surface area contributed by atoms with Gasteiger partial charge in [0.15, 0.2) is 5.13 Å². The van der Waals surface area contributed by atoms with E-state index in [4.69, 9.17) is 4.74 Å². The van der Waals surface area contributed by atoms with E-state index >= 15 is 0 Å². The van der Waals surface area contributed by atoms with Crippen LogP contribution in [0.2, 0.25) is 0 Å². The predicted molar refractivity (Wildman–Crippen MR) is 84.9 cm³/mol. The zero-order valence-electron chi connectivity index (χ0n) is 13.3. The van der Waals surface area contributed by atoms with Crippen molar-refractivity contribution in [3.05, 3.63) is 11.1 Å². The first-order valence-electron chi connectivity index (χ1n) is 7.04. The highest BCUT2D eigenvalue weighted by atomic mass is 32.1. The molecule has 0 unspecified atom stereocenters. The number of hydrogen-bond donors (Lipinski definition) is 3. The zero-order chi connectivity index (χ0) is 16.8. The Morgan fingerprint density at radius 1 is 1.45 bits per heavy atom. The topological polar surface area (TPSA) is 101 Å². The van der Waals surface area contributed by atoms with Gasteiger partial charge in [0.2, 0.25) is 0 Å². The number of urea groups is 1. The third kappa shape index (κ3) is 5.98. The second-order valence-corrected chi connectivity index (χ2v) is 6.68. The van der Waals surface area contributed by atoms with Crippen molar-refractivity contribution in [2.45, 2.75) is 40.2 Å². The first-order chi connectivity index (χ1) is 10.3. The smallest absolute Gasteiger partial charge is 0.321 e. The lowest BCUT2D eigenvalue weighted by Gasteiger charge is -2.29. The van der Waals surface area contributed by atoms with Crippen LogP contribution in [0.15, 0.2) is 5.38 Å². The molecule has 0 saturated carbocycles. The summed E-state index contributed by atoms with van der Waals surface area (Å²) in [6.45, 7) is 7.69. The minimum Gasteiger partial charge on any atom is -0.466 e. The molecule has 0 aliphatic rings. The van der Waals surface area contributed by atoms with Crippen LogP contribution >= 0.6 is 11.3 Å². The molecule has 0 aliphatic carbocycles. The highest BCUT2D eigenvalue weighted by molar-refractivity contribution is 7.13.